The molecule has 1 aliphatic heterocycles. The number of ether oxygens (including phenoxy) is 1. The molecule has 0 spiro atoms. The number of carbonyl (C=O) groups is 1. The molecule has 1 unspecified atom stereocenters. The van der Waals surface area contributed by atoms with Crippen molar-refractivity contribution in [2.24, 2.45) is 0 Å². The van der Waals surface area contributed by atoms with Crippen LogP contribution < -0.4 is 4.74 Å². The largest absolute Gasteiger partial charge is 0.497 e. The molecule has 1 fully saturated rings. The monoisotopic (exact) mass is 409 g/mol. The second-order valence-electron chi connectivity index (χ2n) is 8.02. The highest BCUT2D eigenvalue weighted by Crippen LogP contribution is 2.31. The lowest BCUT2D eigenvalue weighted by Gasteiger charge is -2.36. The lowest BCUT2D eigenvalue weighted by Crippen LogP contribution is -2.49. The van der Waals surface area contributed by atoms with E-state index >= 15 is 0 Å². The molecule has 2 heterocycles. The Bertz CT molecular complexity index is 1040. The van der Waals surface area contributed by atoms with Gasteiger partial charge < -0.3 is 14.6 Å². The van der Waals surface area contributed by atoms with Gasteiger partial charge in [0.1, 0.15) is 11.6 Å². The summed E-state index contributed by atoms with van der Waals surface area (Å²) in [6.45, 7) is 7.90. The first-order valence-corrected chi connectivity index (χ1v) is 10.4. The van der Waals surface area contributed by atoms with E-state index in [1.807, 2.05) is 30.9 Å². The van der Waals surface area contributed by atoms with Crippen LogP contribution in [0, 0.1) is 12.7 Å². The SMILES string of the molecule is COc1ccc(CN2CCN(C(=O)C(C)c3c(C)[nH]c4cc(F)ccc34)CC2)cc1. The van der Waals surface area contributed by atoms with Crippen LogP contribution >= 0.6 is 0 Å². The second-order valence-corrected chi connectivity index (χ2v) is 8.02. The van der Waals surface area contributed by atoms with E-state index in [-0.39, 0.29) is 17.6 Å². The lowest BCUT2D eigenvalue weighted by molar-refractivity contribution is -0.134. The molecule has 1 N–H and O–H groups in total. The van der Waals surface area contributed by atoms with Gasteiger partial charge in [0.05, 0.1) is 13.0 Å². The Labute approximate surface area is 176 Å². The van der Waals surface area contributed by atoms with Gasteiger partial charge in [0.2, 0.25) is 5.91 Å². The summed E-state index contributed by atoms with van der Waals surface area (Å²) in [5.41, 5.74) is 3.88. The summed E-state index contributed by atoms with van der Waals surface area (Å²) in [7, 11) is 1.67. The van der Waals surface area contributed by atoms with Crippen molar-refractivity contribution >= 4 is 16.8 Å². The number of hydrogen-bond acceptors (Lipinski definition) is 3. The van der Waals surface area contributed by atoms with Crippen molar-refractivity contribution in [3.8, 4) is 5.75 Å². The Balaban J connectivity index is 1.40. The number of H-pyrrole nitrogens is 1. The van der Waals surface area contributed by atoms with E-state index in [1.165, 1.54) is 17.7 Å². The predicted octanol–water partition coefficient (Wildman–Crippen LogP) is 4.07. The molecule has 3 aromatic rings. The molecule has 2 aromatic carbocycles. The molecule has 0 radical (unpaired) electrons. The van der Waals surface area contributed by atoms with Crippen LogP contribution in [-0.2, 0) is 11.3 Å². The third-order valence-corrected chi connectivity index (χ3v) is 6.05. The molecule has 5 nitrogen and oxygen atoms in total. The Morgan fingerprint density at radius 3 is 2.50 bits per heavy atom. The molecule has 1 saturated heterocycles. The molecule has 0 aliphatic carbocycles. The Morgan fingerprint density at radius 2 is 1.83 bits per heavy atom. The normalized spacial score (nSPS) is 16.1. The first-order chi connectivity index (χ1) is 14.5. The number of carbonyl (C=O) groups excluding carboxylic acids is 1. The van der Waals surface area contributed by atoms with Crippen LogP contribution in [0.25, 0.3) is 10.9 Å². The fraction of sp³-hybridized carbons (Fsp3) is 0.375. The molecule has 1 atom stereocenters. The standard InChI is InChI=1S/C24H28FN3O2/c1-16(23-17(2)26-22-14-19(25)6-9-21(22)23)24(29)28-12-10-27(11-13-28)15-18-4-7-20(30-3)8-5-18/h4-9,14,16,26H,10-13,15H2,1-3H3. The number of halogens is 1. The molecule has 30 heavy (non-hydrogen) atoms. The Hall–Kier alpha value is -2.86. The van der Waals surface area contributed by atoms with Gasteiger partial charge in [-0.3, -0.25) is 9.69 Å². The fourth-order valence-corrected chi connectivity index (χ4v) is 4.40. The summed E-state index contributed by atoms with van der Waals surface area (Å²) in [6.07, 6.45) is 0. The topological polar surface area (TPSA) is 48.6 Å². The summed E-state index contributed by atoms with van der Waals surface area (Å²) in [6, 6.07) is 12.8. The first-order valence-electron chi connectivity index (χ1n) is 10.4. The smallest absolute Gasteiger partial charge is 0.230 e. The van der Waals surface area contributed by atoms with E-state index < -0.39 is 0 Å². The third kappa shape index (κ3) is 4.05. The maximum absolute atomic E-state index is 13.6. The minimum Gasteiger partial charge on any atom is -0.497 e. The van der Waals surface area contributed by atoms with E-state index in [2.05, 4.69) is 22.0 Å². The van der Waals surface area contributed by atoms with E-state index in [0.717, 1.165) is 60.6 Å². The number of nitrogens with one attached hydrogen (secondary N) is 1. The third-order valence-electron chi connectivity index (χ3n) is 6.05. The van der Waals surface area contributed by atoms with Crippen LogP contribution in [0.15, 0.2) is 42.5 Å². The summed E-state index contributed by atoms with van der Waals surface area (Å²) in [4.78, 5) is 20.7. The highest BCUT2D eigenvalue weighted by atomic mass is 19.1. The summed E-state index contributed by atoms with van der Waals surface area (Å²) in [5.74, 6) is 0.450. The van der Waals surface area contributed by atoms with Crippen LogP contribution in [0.4, 0.5) is 4.39 Å². The van der Waals surface area contributed by atoms with Crippen molar-refractivity contribution in [1.82, 2.24) is 14.8 Å². The highest BCUT2D eigenvalue weighted by molar-refractivity contribution is 5.93. The zero-order valence-corrected chi connectivity index (χ0v) is 17.7. The van der Waals surface area contributed by atoms with Gasteiger partial charge >= 0.3 is 0 Å². The van der Waals surface area contributed by atoms with Crippen LogP contribution in [0.2, 0.25) is 0 Å². The molecule has 158 valence electrons. The number of amides is 1. The maximum Gasteiger partial charge on any atom is 0.230 e. The fourth-order valence-electron chi connectivity index (χ4n) is 4.40. The average Bonchev–Trinajstić information content (AvgIpc) is 3.08. The van der Waals surface area contributed by atoms with Crippen molar-refractivity contribution in [3.05, 3.63) is 65.1 Å². The molecule has 1 amide bonds. The van der Waals surface area contributed by atoms with E-state index in [0.29, 0.717) is 0 Å². The average molecular weight is 410 g/mol. The lowest BCUT2D eigenvalue weighted by atomic mass is 9.96. The summed E-state index contributed by atoms with van der Waals surface area (Å²) >= 11 is 0. The van der Waals surface area contributed by atoms with Crippen LogP contribution in [0.3, 0.4) is 0 Å². The van der Waals surface area contributed by atoms with E-state index in [9.17, 15) is 9.18 Å². The van der Waals surface area contributed by atoms with Gasteiger partial charge in [-0.25, -0.2) is 4.39 Å². The molecule has 1 aromatic heterocycles. The number of hydrogen-bond donors (Lipinski definition) is 1. The number of rotatable bonds is 5. The number of aromatic amines is 1. The van der Waals surface area contributed by atoms with Crippen LogP contribution in [-0.4, -0.2) is 54.0 Å². The Morgan fingerprint density at radius 1 is 1.13 bits per heavy atom. The number of nitrogens with zero attached hydrogens (tertiary/aromatic N) is 2. The number of fused-ring (bicyclic) bond motifs is 1. The van der Waals surface area contributed by atoms with Gasteiger partial charge in [0.25, 0.3) is 0 Å². The van der Waals surface area contributed by atoms with Crippen molar-refractivity contribution in [2.75, 3.05) is 33.3 Å². The number of aromatic nitrogens is 1. The van der Waals surface area contributed by atoms with Gasteiger partial charge in [0, 0.05) is 49.3 Å². The summed E-state index contributed by atoms with van der Waals surface area (Å²) in [5, 5.41) is 0.924. The highest BCUT2D eigenvalue weighted by Gasteiger charge is 2.28. The van der Waals surface area contributed by atoms with Gasteiger partial charge in [-0.1, -0.05) is 12.1 Å². The van der Waals surface area contributed by atoms with Crippen LogP contribution in [0.1, 0.15) is 29.7 Å². The van der Waals surface area contributed by atoms with Crippen molar-refractivity contribution in [1.29, 1.82) is 0 Å². The molecule has 6 heteroatoms. The number of methoxy groups -OCH3 is 1. The maximum atomic E-state index is 13.6. The molecular weight excluding hydrogens is 381 g/mol. The van der Waals surface area contributed by atoms with Crippen LogP contribution in [0.5, 0.6) is 5.75 Å². The number of piperazine rings is 1. The molecule has 0 saturated carbocycles. The minimum absolute atomic E-state index is 0.132. The van der Waals surface area contributed by atoms with E-state index in [4.69, 9.17) is 4.74 Å². The van der Waals surface area contributed by atoms with Crippen molar-refractivity contribution in [3.63, 3.8) is 0 Å². The summed E-state index contributed by atoms with van der Waals surface area (Å²) < 4.78 is 18.8. The molecular formula is C24H28FN3O2. The van der Waals surface area contributed by atoms with Gasteiger partial charge in [0.15, 0.2) is 0 Å². The van der Waals surface area contributed by atoms with Gasteiger partial charge in [-0.05, 0) is 55.3 Å². The molecule has 1 aliphatic rings. The second kappa shape index (κ2) is 8.48. The van der Waals surface area contributed by atoms with Gasteiger partial charge in [-0.2, -0.15) is 0 Å². The van der Waals surface area contributed by atoms with Gasteiger partial charge in [-0.15, -0.1) is 0 Å². The van der Waals surface area contributed by atoms with Crippen molar-refractivity contribution in [2.45, 2.75) is 26.3 Å². The predicted molar refractivity (Wildman–Crippen MR) is 116 cm³/mol. The quantitative estimate of drug-likeness (QED) is 0.691. The zero-order chi connectivity index (χ0) is 21.3. The molecule has 4 rings (SSSR count). The van der Waals surface area contributed by atoms with Crippen molar-refractivity contribution < 1.29 is 13.9 Å². The molecule has 0 bridgehead atoms. The first kappa shape index (κ1) is 20.4. The zero-order valence-electron chi connectivity index (χ0n) is 17.7. The number of aryl methyl sites for hydroxylation is 1. The number of benzene rings is 2. The van der Waals surface area contributed by atoms with E-state index in [1.54, 1.807) is 13.2 Å². The minimum atomic E-state index is -0.276. The Kier molecular flexibility index (Phi) is 5.77.